The molecule has 0 rings (SSSR count). The van der Waals surface area contributed by atoms with E-state index in [1.807, 2.05) is 13.8 Å². The first-order valence-corrected chi connectivity index (χ1v) is 3.48. The summed E-state index contributed by atoms with van der Waals surface area (Å²) in [5.74, 6) is -0.392. The second-order valence-corrected chi connectivity index (χ2v) is 2.88. The van der Waals surface area contributed by atoms with Gasteiger partial charge in [-0.25, -0.2) is 4.79 Å². The third-order valence-corrected chi connectivity index (χ3v) is 1.18. The Bertz CT molecular complexity index is 168. The second kappa shape index (κ2) is 3.96. The maximum Gasteiger partial charge on any atom is 0.330 e. The Morgan fingerprint density at radius 1 is 1.55 bits per heavy atom. The van der Waals surface area contributed by atoms with Gasteiger partial charge in [-0.05, 0) is 13.8 Å². The van der Waals surface area contributed by atoms with E-state index in [1.165, 1.54) is 0 Å². The molecule has 11 heavy (non-hydrogen) atoms. The minimum absolute atomic E-state index is 0.392. The summed E-state index contributed by atoms with van der Waals surface area (Å²) >= 11 is 0. The van der Waals surface area contributed by atoms with Crippen LogP contribution in [-0.2, 0) is 9.53 Å². The first kappa shape index (κ1) is 9.95. The Balaban J connectivity index is 3.99. The number of ether oxygens (including phenoxy) is 1. The standard InChI is InChI=1S/C9H14O2/c1-5-7-9(3,4)11-8(10)6-2/h5-6H,1-2,7H2,3-4H3. The van der Waals surface area contributed by atoms with E-state index in [-0.39, 0.29) is 0 Å². The zero-order valence-corrected chi connectivity index (χ0v) is 7.09. The monoisotopic (exact) mass is 154 g/mol. The molecule has 0 fully saturated rings. The Morgan fingerprint density at radius 3 is 2.45 bits per heavy atom. The van der Waals surface area contributed by atoms with Gasteiger partial charge in [0.05, 0.1) is 0 Å². The highest BCUT2D eigenvalue weighted by Crippen LogP contribution is 2.14. The molecule has 0 saturated carbocycles. The average Bonchev–Trinajstić information content (AvgIpc) is 1.86. The van der Waals surface area contributed by atoms with E-state index >= 15 is 0 Å². The molecule has 0 heterocycles. The zero-order valence-electron chi connectivity index (χ0n) is 7.09. The molecular formula is C9H14O2. The molecule has 0 atom stereocenters. The summed E-state index contributed by atoms with van der Waals surface area (Å²) in [6.07, 6.45) is 3.52. The molecule has 62 valence electrons. The van der Waals surface area contributed by atoms with Crippen LogP contribution >= 0.6 is 0 Å². The fourth-order valence-electron chi connectivity index (χ4n) is 0.703. The fourth-order valence-corrected chi connectivity index (χ4v) is 0.703. The van der Waals surface area contributed by atoms with E-state index in [9.17, 15) is 4.79 Å². The maximum absolute atomic E-state index is 10.7. The summed E-state index contributed by atoms with van der Waals surface area (Å²) in [5, 5.41) is 0. The normalized spacial score (nSPS) is 10.4. The van der Waals surface area contributed by atoms with Crippen molar-refractivity contribution in [2.24, 2.45) is 0 Å². The molecule has 0 aromatic rings. The van der Waals surface area contributed by atoms with Gasteiger partial charge in [-0.2, -0.15) is 0 Å². The topological polar surface area (TPSA) is 26.3 Å². The Morgan fingerprint density at radius 2 is 2.09 bits per heavy atom. The minimum atomic E-state index is -0.465. The molecular weight excluding hydrogens is 140 g/mol. The summed E-state index contributed by atoms with van der Waals surface area (Å²) in [6.45, 7) is 10.5. The molecule has 0 aliphatic heterocycles. The molecule has 0 aliphatic rings. The van der Waals surface area contributed by atoms with Crippen LogP contribution in [0.2, 0.25) is 0 Å². The van der Waals surface area contributed by atoms with Crippen molar-refractivity contribution in [2.45, 2.75) is 25.9 Å². The van der Waals surface area contributed by atoms with E-state index in [1.54, 1.807) is 6.08 Å². The van der Waals surface area contributed by atoms with Gasteiger partial charge in [0.25, 0.3) is 0 Å². The van der Waals surface area contributed by atoms with Gasteiger partial charge in [-0.15, -0.1) is 6.58 Å². The fraction of sp³-hybridized carbons (Fsp3) is 0.444. The van der Waals surface area contributed by atoms with Crippen LogP contribution in [0, 0.1) is 0 Å². The van der Waals surface area contributed by atoms with Crippen molar-refractivity contribution in [1.29, 1.82) is 0 Å². The molecule has 0 aromatic carbocycles. The summed E-state index contributed by atoms with van der Waals surface area (Å²) in [6, 6.07) is 0. The molecule has 0 aliphatic carbocycles. The Kier molecular flexibility index (Phi) is 3.58. The first-order chi connectivity index (χ1) is 5.02. The van der Waals surface area contributed by atoms with Gasteiger partial charge < -0.3 is 4.74 Å². The summed E-state index contributed by atoms with van der Waals surface area (Å²) in [4.78, 5) is 10.7. The maximum atomic E-state index is 10.7. The van der Waals surface area contributed by atoms with Crippen LogP contribution in [0.3, 0.4) is 0 Å². The van der Waals surface area contributed by atoms with Crippen molar-refractivity contribution in [3.63, 3.8) is 0 Å². The number of carbonyl (C=O) groups excluding carboxylic acids is 1. The third kappa shape index (κ3) is 4.37. The van der Waals surface area contributed by atoms with Gasteiger partial charge >= 0.3 is 5.97 Å². The van der Waals surface area contributed by atoms with Gasteiger partial charge in [-0.1, -0.05) is 12.7 Å². The highest BCUT2D eigenvalue weighted by atomic mass is 16.6. The molecule has 2 heteroatoms. The SMILES string of the molecule is C=CCC(C)(C)OC(=O)C=C. The largest absolute Gasteiger partial charge is 0.456 e. The molecule has 2 nitrogen and oxygen atoms in total. The molecule has 0 N–H and O–H groups in total. The van der Waals surface area contributed by atoms with Crippen LogP contribution < -0.4 is 0 Å². The molecule has 0 unspecified atom stereocenters. The second-order valence-electron chi connectivity index (χ2n) is 2.88. The zero-order chi connectivity index (χ0) is 8.91. The lowest BCUT2D eigenvalue weighted by molar-refractivity contribution is -0.149. The van der Waals surface area contributed by atoms with E-state index < -0.39 is 11.6 Å². The predicted molar refractivity (Wildman–Crippen MR) is 45.2 cm³/mol. The molecule has 0 aromatic heterocycles. The summed E-state index contributed by atoms with van der Waals surface area (Å²) in [7, 11) is 0. The van der Waals surface area contributed by atoms with Crippen molar-refractivity contribution in [3.05, 3.63) is 25.3 Å². The smallest absolute Gasteiger partial charge is 0.330 e. The van der Waals surface area contributed by atoms with Crippen molar-refractivity contribution in [3.8, 4) is 0 Å². The third-order valence-electron chi connectivity index (χ3n) is 1.18. The predicted octanol–water partition coefficient (Wildman–Crippen LogP) is 2.07. The van der Waals surface area contributed by atoms with Gasteiger partial charge in [0.15, 0.2) is 0 Å². The number of hydrogen-bond donors (Lipinski definition) is 0. The lowest BCUT2D eigenvalue weighted by Crippen LogP contribution is -2.26. The van der Waals surface area contributed by atoms with Crippen LogP contribution in [0.4, 0.5) is 0 Å². The Labute approximate surface area is 67.6 Å². The lowest BCUT2D eigenvalue weighted by Gasteiger charge is -2.22. The number of hydrogen-bond acceptors (Lipinski definition) is 2. The molecule has 0 spiro atoms. The Hall–Kier alpha value is -1.05. The van der Waals surface area contributed by atoms with Gasteiger partial charge in [-0.3, -0.25) is 0 Å². The van der Waals surface area contributed by atoms with Crippen molar-refractivity contribution in [1.82, 2.24) is 0 Å². The van der Waals surface area contributed by atoms with E-state index in [2.05, 4.69) is 13.2 Å². The highest BCUT2D eigenvalue weighted by Gasteiger charge is 2.19. The lowest BCUT2D eigenvalue weighted by atomic mass is 10.1. The number of rotatable bonds is 4. The van der Waals surface area contributed by atoms with E-state index in [0.717, 1.165) is 6.08 Å². The van der Waals surface area contributed by atoms with Crippen LogP contribution in [-0.4, -0.2) is 11.6 Å². The van der Waals surface area contributed by atoms with Gasteiger partial charge in [0, 0.05) is 12.5 Å². The average molecular weight is 154 g/mol. The number of esters is 1. The quantitative estimate of drug-likeness (QED) is 0.352. The first-order valence-electron chi connectivity index (χ1n) is 3.48. The van der Waals surface area contributed by atoms with Crippen LogP contribution in [0.1, 0.15) is 20.3 Å². The van der Waals surface area contributed by atoms with Crippen molar-refractivity contribution >= 4 is 5.97 Å². The van der Waals surface area contributed by atoms with Crippen LogP contribution in [0.5, 0.6) is 0 Å². The number of carbonyl (C=O) groups is 1. The van der Waals surface area contributed by atoms with Crippen LogP contribution in [0.25, 0.3) is 0 Å². The molecule has 0 saturated heterocycles. The van der Waals surface area contributed by atoms with Crippen LogP contribution in [0.15, 0.2) is 25.3 Å². The van der Waals surface area contributed by atoms with E-state index in [0.29, 0.717) is 6.42 Å². The van der Waals surface area contributed by atoms with Gasteiger partial charge in [0.2, 0.25) is 0 Å². The highest BCUT2D eigenvalue weighted by molar-refractivity contribution is 5.81. The molecule has 0 amide bonds. The molecule has 0 bridgehead atoms. The van der Waals surface area contributed by atoms with Crippen molar-refractivity contribution in [2.75, 3.05) is 0 Å². The minimum Gasteiger partial charge on any atom is -0.456 e. The van der Waals surface area contributed by atoms with Crippen molar-refractivity contribution < 1.29 is 9.53 Å². The summed E-state index contributed by atoms with van der Waals surface area (Å²) < 4.78 is 5.00. The van der Waals surface area contributed by atoms with Gasteiger partial charge in [0.1, 0.15) is 5.60 Å². The molecule has 0 radical (unpaired) electrons. The van der Waals surface area contributed by atoms with E-state index in [4.69, 9.17) is 4.74 Å². The summed E-state index contributed by atoms with van der Waals surface area (Å²) in [5.41, 5.74) is -0.465.